The lowest BCUT2D eigenvalue weighted by molar-refractivity contribution is 0.602. The molecule has 3 nitrogen and oxygen atoms in total. The van der Waals surface area contributed by atoms with E-state index in [4.69, 9.17) is 5.73 Å². The molecule has 0 saturated heterocycles. The van der Waals surface area contributed by atoms with Crippen LogP contribution in [0.3, 0.4) is 0 Å². The molecule has 0 aliphatic carbocycles. The number of aryl methyl sites for hydroxylation is 1. The number of hydrogen-bond donors (Lipinski definition) is 2. The molecule has 0 saturated carbocycles. The first-order chi connectivity index (χ1) is 6.95. The fourth-order valence-electron chi connectivity index (χ4n) is 1.34. The van der Waals surface area contributed by atoms with E-state index in [9.17, 15) is 8.42 Å². The standard InChI is InChI=1S/C10H15NO2S2/c1-15(12,13)10-7-8(3-2-6-14)4-5-9(10)11/h4-5,7,14H,2-3,6,11H2,1H3. The normalized spacial score (nSPS) is 11.6. The van der Waals surface area contributed by atoms with Gasteiger partial charge in [0.2, 0.25) is 0 Å². The molecule has 1 aromatic carbocycles. The topological polar surface area (TPSA) is 60.2 Å². The van der Waals surface area contributed by atoms with E-state index in [0.717, 1.165) is 24.2 Å². The van der Waals surface area contributed by atoms with Gasteiger partial charge in [-0.3, -0.25) is 0 Å². The number of sulfone groups is 1. The van der Waals surface area contributed by atoms with Gasteiger partial charge < -0.3 is 5.73 Å². The highest BCUT2D eigenvalue weighted by molar-refractivity contribution is 7.90. The number of benzene rings is 1. The minimum Gasteiger partial charge on any atom is -0.398 e. The average molecular weight is 245 g/mol. The predicted molar refractivity (Wildman–Crippen MR) is 66.1 cm³/mol. The maximum Gasteiger partial charge on any atom is 0.177 e. The number of rotatable bonds is 4. The van der Waals surface area contributed by atoms with Crippen LogP contribution in [0.2, 0.25) is 0 Å². The van der Waals surface area contributed by atoms with Crippen LogP contribution < -0.4 is 5.73 Å². The van der Waals surface area contributed by atoms with E-state index in [2.05, 4.69) is 12.6 Å². The molecular weight excluding hydrogens is 230 g/mol. The Morgan fingerprint density at radius 1 is 1.40 bits per heavy atom. The molecule has 1 rings (SSSR count). The minimum absolute atomic E-state index is 0.221. The molecule has 0 bridgehead atoms. The summed E-state index contributed by atoms with van der Waals surface area (Å²) < 4.78 is 22.8. The van der Waals surface area contributed by atoms with Crippen LogP contribution in [-0.2, 0) is 16.3 Å². The van der Waals surface area contributed by atoms with Crippen molar-refractivity contribution in [3.05, 3.63) is 23.8 Å². The van der Waals surface area contributed by atoms with Crippen molar-refractivity contribution in [2.24, 2.45) is 0 Å². The van der Waals surface area contributed by atoms with E-state index in [1.165, 1.54) is 6.26 Å². The zero-order valence-corrected chi connectivity index (χ0v) is 10.3. The Kier molecular flexibility index (Phi) is 4.04. The van der Waals surface area contributed by atoms with Gasteiger partial charge in [0.05, 0.1) is 10.6 Å². The number of hydrogen-bond acceptors (Lipinski definition) is 4. The molecule has 0 fully saturated rings. The summed E-state index contributed by atoms with van der Waals surface area (Å²) in [6, 6.07) is 5.14. The van der Waals surface area contributed by atoms with Gasteiger partial charge in [-0.05, 0) is 36.3 Å². The van der Waals surface area contributed by atoms with Gasteiger partial charge in [0.1, 0.15) is 0 Å². The smallest absolute Gasteiger partial charge is 0.177 e. The third kappa shape index (κ3) is 3.43. The van der Waals surface area contributed by atoms with Gasteiger partial charge in [0.25, 0.3) is 0 Å². The molecule has 84 valence electrons. The van der Waals surface area contributed by atoms with E-state index in [1.807, 2.05) is 6.07 Å². The molecule has 0 aliphatic heterocycles. The minimum atomic E-state index is -3.23. The summed E-state index contributed by atoms with van der Waals surface area (Å²) in [5.41, 5.74) is 6.91. The highest BCUT2D eigenvalue weighted by Gasteiger charge is 2.11. The molecule has 0 unspecified atom stereocenters. The molecule has 15 heavy (non-hydrogen) atoms. The van der Waals surface area contributed by atoms with Gasteiger partial charge in [-0.2, -0.15) is 12.6 Å². The van der Waals surface area contributed by atoms with E-state index in [1.54, 1.807) is 12.1 Å². The van der Waals surface area contributed by atoms with Crippen molar-refractivity contribution in [3.63, 3.8) is 0 Å². The van der Waals surface area contributed by atoms with Crippen molar-refractivity contribution < 1.29 is 8.42 Å². The number of thiol groups is 1. The monoisotopic (exact) mass is 245 g/mol. The summed E-state index contributed by atoms with van der Waals surface area (Å²) in [5.74, 6) is 0.790. The van der Waals surface area contributed by atoms with Crippen molar-refractivity contribution in [2.75, 3.05) is 17.7 Å². The first kappa shape index (κ1) is 12.4. The Morgan fingerprint density at radius 3 is 2.60 bits per heavy atom. The van der Waals surface area contributed by atoms with Crippen LogP contribution in [-0.4, -0.2) is 20.4 Å². The molecule has 2 N–H and O–H groups in total. The lowest BCUT2D eigenvalue weighted by Crippen LogP contribution is -2.03. The lowest BCUT2D eigenvalue weighted by Gasteiger charge is -2.06. The molecular formula is C10H15NO2S2. The summed E-state index contributed by atoms with van der Waals surface area (Å²) >= 11 is 4.11. The number of anilines is 1. The zero-order valence-electron chi connectivity index (χ0n) is 8.60. The quantitative estimate of drug-likeness (QED) is 0.625. The van der Waals surface area contributed by atoms with Crippen molar-refractivity contribution >= 4 is 28.2 Å². The van der Waals surface area contributed by atoms with Crippen LogP contribution in [0.5, 0.6) is 0 Å². The summed E-state index contributed by atoms with van der Waals surface area (Å²) in [5, 5.41) is 0. The van der Waals surface area contributed by atoms with E-state index in [-0.39, 0.29) is 4.90 Å². The van der Waals surface area contributed by atoms with Crippen molar-refractivity contribution in [1.29, 1.82) is 0 Å². The molecule has 0 aliphatic rings. The predicted octanol–water partition coefficient (Wildman–Crippen LogP) is 1.53. The molecule has 5 heteroatoms. The lowest BCUT2D eigenvalue weighted by atomic mass is 10.1. The fraction of sp³-hybridized carbons (Fsp3) is 0.400. The molecule has 0 radical (unpaired) electrons. The van der Waals surface area contributed by atoms with Crippen LogP contribution in [0.1, 0.15) is 12.0 Å². The van der Waals surface area contributed by atoms with Gasteiger partial charge in [-0.1, -0.05) is 6.07 Å². The Balaban J connectivity index is 3.06. The molecule has 0 heterocycles. The summed E-state index contributed by atoms with van der Waals surface area (Å²) in [4.78, 5) is 0.221. The highest BCUT2D eigenvalue weighted by atomic mass is 32.2. The second-order valence-electron chi connectivity index (χ2n) is 3.47. The average Bonchev–Trinajstić information content (AvgIpc) is 2.15. The molecule has 0 amide bonds. The molecule has 1 aromatic rings. The van der Waals surface area contributed by atoms with Crippen LogP contribution >= 0.6 is 12.6 Å². The number of nitrogen functional groups attached to an aromatic ring is 1. The fourth-order valence-corrected chi connectivity index (χ4v) is 2.36. The Labute approximate surface area is 96.0 Å². The van der Waals surface area contributed by atoms with Crippen molar-refractivity contribution in [1.82, 2.24) is 0 Å². The van der Waals surface area contributed by atoms with Gasteiger partial charge >= 0.3 is 0 Å². The van der Waals surface area contributed by atoms with Gasteiger partial charge in [-0.25, -0.2) is 8.42 Å². The Hall–Kier alpha value is -0.680. The molecule has 0 atom stereocenters. The van der Waals surface area contributed by atoms with E-state index >= 15 is 0 Å². The summed E-state index contributed by atoms with van der Waals surface area (Å²) in [6.07, 6.45) is 2.92. The third-order valence-electron chi connectivity index (χ3n) is 2.10. The van der Waals surface area contributed by atoms with Crippen molar-refractivity contribution in [2.45, 2.75) is 17.7 Å². The largest absolute Gasteiger partial charge is 0.398 e. The van der Waals surface area contributed by atoms with E-state index in [0.29, 0.717) is 5.69 Å². The SMILES string of the molecule is CS(=O)(=O)c1cc(CCCS)ccc1N. The highest BCUT2D eigenvalue weighted by Crippen LogP contribution is 2.20. The zero-order chi connectivity index (χ0) is 11.5. The second-order valence-corrected chi connectivity index (χ2v) is 5.90. The number of nitrogens with two attached hydrogens (primary N) is 1. The first-order valence-corrected chi connectivity index (χ1v) is 7.17. The maximum atomic E-state index is 11.4. The van der Waals surface area contributed by atoms with Gasteiger partial charge in [0.15, 0.2) is 9.84 Å². The first-order valence-electron chi connectivity index (χ1n) is 4.64. The third-order valence-corrected chi connectivity index (χ3v) is 3.57. The van der Waals surface area contributed by atoms with Crippen LogP contribution in [0.15, 0.2) is 23.1 Å². The van der Waals surface area contributed by atoms with Gasteiger partial charge in [0, 0.05) is 6.26 Å². The van der Waals surface area contributed by atoms with Crippen LogP contribution in [0.4, 0.5) is 5.69 Å². The summed E-state index contributed by atoms with van der Waals surface area (Å²) in [7, 11) is -3.23. The van der Waals surface area contributed by atoms with Gasteiger partial charge in [-0.15, -0.1) is 0 Å². The second kappa shape index (κ2) is 4.90. The van der Waals surface area contributed by atoms with Crippen LogP contribution in [0, 0.1) is 0 Å². The molecule has 0 aromatic heterocycles. The maximum absolute atomic E-state index is 11.4. The Bertz CT molecular complexity index is 441. The Morgan fingerprint density at radius 2 is 2.07 bits per heavy atom. The van der Waals surface area contributed by atoms with Crippen molar-refractivity contribution in [3.8, 4) is 0 Å². The van der Waals surface area contributed by atoms with Crippen LogP contribution in [0.25, 0.3) is 0 Å². The molecule has 0 spiro atoms. The summed E-state index contributed by atoms with van der Waals surface area (Å²) in [6.45, 7) is 0. The van der Waals surface area contributed by atoms with E-state index < -0.39 is 9.84 Å².